The van der Waals surface area contributed by atoms with Gasteiger partial charge in [0.1, 0.15) is 5.82 Å². The molecule has 2 rings (SSSR count). The minimum atomic E-state index is 0.0276. The van der Waals surface area contributed by atoms with E-state index in [0.717, 1.165) is 0 Å². The number of carbonyl (C=O) groups is 1. The first kappa shape index (κ1) is 9.73. The van der Waals surface area contributed by atoms with Gasteiger partial charge in [-0.3, -0.25) is 9.69 Å². The lowest BCUT2D eigenvalue weighted by Gasteiger charge is -2.13. The standard InChI is InChI=1S/C8H8ClN3OS/c9-8-10-2-1-6(11-8)12-4-5(14)3-7(12)13/h1-2,5,14H,3-4H2. The zero-order valence-electron chi connectivity index (χ0n) is 7.22. The zero-order chi connectivity index (χ0) is 10.1. The molecular formula is C8H8ClN3OS. The Balaban J connectivity index is 2.27. The molecule has 1 fully saturated rings. The highest BCUT2D eigenvalue weighted by atomic mass is 35.5. The Morgan fingerprint density at radius 2 is 2.43 bits per heavy atom. The number of anilines is 1. The Hall–Kier alpha value is -0.810. The SMILES string of the molecule is O=C1CC(S)CN1c1ccnc(Cl)n1. The van der Waals surface area contributed by atoms with Gasteiger partial charge in [-0.2, -0.15) is 12.6 Å². The fourth-order valence-corrected chi connectivity index (χ4v) is 1.85. The van der Waals surface area contributed by atoms with Crippen molar-refractivity contribution < 1.29 is 4.79 Å². The van der Waals surface area contributed by atoms with Crippen LogP contribution < -0.4 is 4.90 Å². The second-order valence-electron chi connectivity index (χ2n) is 3.05. The summed E-state index contributed by atoms with van der Waals surface area (Å²) in [6, 6.07) is 1.66. The number of hydrogen-bond donors (Lipinski definition) is 1. The number of halogens is 1. The van der Waals surface area contributed by atoms with Crippen LogP contribution >= 0.6 is 24.2 Å². The molecule has 0 bridgehead atoms. The third-order valence-electron chi connectivity index (χ3n) is 1.99. The van der Waals surface area contributed by atoms with Gasteiger partial charge in [-0.15, -0.1) is 0 Å². The van der Waals surface area contributed by atoms with Crippen molar-refractivity contribution in [2.24, 2.45) is 0 Å². The molecule has 2 heterocycles. The monoisotopic (exact) mass is 229 g/mol. The van der Waals surface area contributed by atoms with Crippen LogP contribution in [0, 0.1) is 0 Å². The molecule has 74 valence electrons. The Morgan fingerprint density at radius 1 is 1.64 bits per heavy atom. The lowest BCUT2D eigenvalue weighted by molar-refractivity contribution is -0.117. The molecule has 1 unspecified atom stereocenters. The number of nitrogens with zero attached hydrogens (tertiary/aromatic N) is 3. The molecule has 6 heteroatoms. The summed E-state index contributed by atoms with van der Waals surface area (Å²) >= 11 is 9.88. The first-order valence-corrected chi connectivity index (χ1v) is 5.03. The van der Waals surface area contributed by atoms with E-state index in [2.05, 4.69) is 22.6 Å². The summed E-state index contributed by atoms with van der Waals surface area (Å²) in [6.07, 6.45) is 1.98. The molecule has 0 spiro atoms. The van der Waals surface area contributed by atoms with E-state index in [0.29, 0.717) is 18.8 Å². The van der Waals surface area contributed by atoms with Crippen molar-refractivity contribution >= 4 is 36.0 Å². The van der Waals surface area contributed by atoms with Crippen molar-refractivity contribution in [2.75, 3.05) is 11.4 Å². The number of rotatable bonds is 1. The van der Waals surface area contributed by atoms with E-state index in [-0.39, 0.29) is 16.4 Å². The minimum absolute atomic E-state index is 0.0276. The van der Waals surface area contributed by atoms with Gasteiger partial charge in [-0.25, -0.2) is 9.97 Å². The maximum atomic E-state index is 11.5. The van der Waals surface area contributed by atoms with Crippen LogP contribution in [-0.2, 0) is 4.79 Å². The van der Waals surface area contributed by atoms with Gasteiger partial charge in [0.2, 0.25) is 11.2 Å². The lowest BCUT2D eigenvalue weighted by Crippen LogP contribution is -2.25. The fourth-order valence-electron chi connectivity index (χ4n) is 1.39. The number of carbonyl (C=O) groups excluding carboxylic acids is 1. The van der Waals surface area contributed by atoms with Gasteiger partial charge >= 0.3 is 0 Å². The van der Waals surface area contributed by atoms with E-state index in [4.69, 9.17) is 11.6 Å². The van der Waals surface area contributed by atoms with E-state index in [1.165, 1.54) is 6.20 Å². The largest absolute Gasteiger partial charge is 0.296 e. The molecular weight excluding hydrogens is 222 g/mol. The number of amides is 1. The third kappa shape index (κ3) is 1.83. The molecule has 1 amide bonds. The summed E-state index contributed by atoms with van der Waals surface area (Å²) in [5, 5.41) is 0.231. The predicted molar refractivity (Wildman–Crippen MR) is 56.8 cm³/mol. The molecule has 14 heavy (non-hydrogen) atoms. The summed E-state index contributed by atoms with van der Waals surface area (Å²) < 4.78 is 0. The van der Waals surface area contributed by atoms with Crippen molar-refractivity contribution in [1.82, 2.24) is 9.97 Å². The molecule has 0 N–H and O–H groups in total. The van der Waals surface area contributed by atoms with Crippen LogP contribution in [0.15, 0.2) is 12.3 Å². The van der Waals surface area contributed by atoms with Crippen molar-refractivity contribution in [1.29, 1.82) is 0 Å². The van der Waals surface area contributed by atoms with Gasteiger partial charge in [0.25, 0.3) is 0 Å². The van der Waals surface area contributed by atoms with Gasteiger partial charge in [0.05, 0.1) is 0 Å². The molecule has 0 saturated carbocycles. The molecule has 1 aliphatic rings. The van der Waals surface area contributed by atoms with Crippen molar-refractivity contribution in [2.45, 2.75) is 11.7 Å². The molecule has 4 nitrogen and oxygen atoms in total. The maximum absolute atomic E-state index is 11.5. The van der Waals surface area contributed by atoms with Gasteiger partial charge in [0.15, 0.2) is 0 Å². The van der Waals surface area contributed by atoms with Crippen LogP contribution in [0.25, 0.3) is 0 Å². The summed E-state index contributed by atoms with van der Waals surface area (Å²) in [7, 11) is 0. The molecule has 1 aromatic heterocycles. The van der Waals surface area contributed by atoms with Crippen molar-refractivity contribution in [3.8, 4) is 0 Å². The van der Waals surface area contributed by atoms with E-state index >= 15 is 0 Å². The highest BCUT2D eigenvalue weighted by molar-refractivity contribution is 7.81. The quantitative estimate of drug-likeness (QED) is 0.581. The van der Waals surface area contributed by atoms with Gasteiger partial charge in [-0.1, -0.05) is 0 Å². The number of thiol groups is 1. The zero-order valence-corrected chi connectivity index (χ0v) is 8.87. The minimum Gasteiger partial charge on any atom is -0.296 e. The molecule has 1 atom stereocenters. The van der Waals surface area contributed by atoms with E-state index in [9.17, 15) is 4.79 Å². The Morgan fingerprint density at radius 3 is 3.00 bits per heavy atom. The average molecular weight is 230 g/mol. The average Bonchev–Trinajstić information content (AvgIpc) is 2.45. The second-order valence-corrected chi connectivity index (χ2v) is 4.11. The predicted octanol–water partition coefficient (Wildman–Crippen LogP) is 1.17. The molecule has 1 aliphatic heterocycles. The molecule has 0 aromatic carbocycles. The van der Waals surface area contributed by atoms with Gasteiger partial charge < -0.3 is 0 Å². The molecule has 1 aromatic rings. The third-order valence-corrected chi connectivity index (χ3v) is 2.52. The fraction of sp³-hybridized carbons (Fsp3) is 0.375. The van der Waals surface area contributed by atoms with Gasteiger partial charge in [0, 0.05) is 24.4 Å². The van der Waals surface area contributed by atoms with E-state index < -0.39 is 0 Å². The maximum Gasteiger partial charge on any atom is 0.229 e. The molecule has 1 saturated heterocycles. The molecule has 0 aliphatic carbocycles. The van der Waals surface area contributed by atoms with E-state index in [1.54, 1.807) is 11.0 Å². The van der Waals surface area contributed by atoms with Crippen molar-refractivity contribution in [3.63, 3.8) is 0 Å². The number of hydrogen-bond acceptors (Lipinski definition) is 4. The first-order chi connectivity index (χ1) is 6.66. The summed E-state index contributed by atoms with van der Waals surface area (Å²) in [5.41, 5.74) is 0. The Labute approximate surface area is 91.7 Å². The van der Waals surface area contributed by atoms with Crippen LogP contribution in [0.1, 0.15) is 6.42 Å². The van der Waals surface area contributed by atoms with E-state index in [1.807, 2.05) is 0 Å². The lowest BCUT2D eigenvalue weighted by atomic mass is 10.4. The Kier molecular flexibility index (Phi) is 2.60. The molecule has 0 radical (unpaired) electrons. The smallest absolute Gasteiger partial charge is 0.229 e. The normalized spacial score (nSPS) is 21.7. The Bertz CT molecular complexity index is 373. The van der Waals surface area contributed by atoms with Crippen LogP contribution in [0.3, 0.4) is 0 Å². The second kappa shape index (κ2) is 3.74. The summed E-state index contributed by atoms with van der Waals surface area (Å²) in [5.74, 6) is 0.575. The highest BCUT2D eigenvalue weighted by Gasteiger charge is 2.29. The van der Waals surface area contributed by atoms with Gasteiger partial charge in [-0.05, 0) is 17.7 Å². The van der Waals surface area contributed by atoms with Crippen LogP contribution in [-0.4, -0.2) is 27.7 Å². The first-order valence-electron chi connectivity index (χ1n) is 4.14. The van der Waals surface area contributed by atoms with Crippen molar-refractivity contribution in [3.05, 3.63) is 17.5 Å². The highest BCUT2D eigenvalue weighted by Crippen LogP contribution is 2.22. The summed E-state index contributed by atoms with van der Waals surface area (Å²) in [4.78, 5) is 20.8. The number of aromatic nitrogens is 2. The topological polar surface area (TPSA) is 46.1 Å². The summed E-state index contributed by atoms with van der Waals surface area (Å²) in [6.45, 7) is 0.579. The van der Waals surface area contributed by atoms with Crippen LogP contribution in [0.4, 0.5) is 5.82 Å². The van der Waals surface area contributed by atoms with Crippen LogP contribution in [0.5, 0.6) is 0 Å². The van der Waals surface area contributed by atoms with Crippen LogP contribution in [0.2, 0.25) is 5.28 Å².